The molecule has 0 spiro atoms. The lowest BCUT2D eigenvalue weighted by atomic mass is 9.99. The molecule has 0 bridgehead atoms. The van der Waals surface area contributed by atoms with Crippen LogP contribution in [-0.2, 0) is 12.8 Å². The summed E-state index contributed by atoms with van der Waals surface area (Å²) in [5.74, 6) is 0.966. The first-order chi connectivity index (χ1) is 13.7. The minimum absolute atomic E-state index is 0.176. The number of amides is 1. The van der Waals surface area contributed by atoms with E-state index in [1.165, 1.54) is 23.3 Å². The lowest BCUT2D eigenvalue weighted by Gasteiger charge is -2.21. The zero-order valence-corrected chi connectivity index (χ0v) is 17.2. The normalized spacial score (nSPS) is 17.6. The Labute approximate surface area is 172 Å². The molecule has 3 aromatic heterocycles. The summed E-state index contributed by atoms with van der Waals surface area (Å²) >= 11 is 7.85. The number of hydrogen-bond donors (Lipinski definition) is 0. The third kappa shape index (κ3) is 3.26. The molecule has 0 N–H and O–H groups in total. The van der Waals surface area contributed by atoms with Gasteiger partial charge in [0.1, 0.15) is 0 Å². The smallest absolute Gasteiger partial charge is 0.263 e. The summed E-state index contributed by atoms with van der Waals surface area (Å²) in [7, 11) is 0. The van der Waals surface area contributed by atoms with Crippen LogP contribution in [0.4, 0.5) is 5.95 Å². The van der Waals surface area contributed by atoms with Crippen molar-refractivity contribution in [1.29, 1.82) is 0 Å². The molecule has 2 aliphatic rings. The van der Waals surface area contributed by atoms with Crippen molar-refractivity contribution >= 4 is 40.4 Å². The molecule has 146 valence electrons. The monoisotopic (exact) mass is 415 g/mol. The number of pyridine rings is 1. The van der Waals surface area contributed by atoms with Crippen molar-refractivity contribution in [3.63, 3.8) is 0 Å². The van der Waals surface area contributed by atoms with Crippen LogP contribution in [0.5, 0.6) is 0 Å². The van der Waals surface area contributed by atoms with Gasteiger partial charge >= 0.3 is 0 Å². The first kappa shape index (κ1) is 17.9. The molecule has 1 aliphatic heterocycles. The van der Waals surface area contributed by atoms with Crippen LogP contribution < -0.4 is 4.90 Å². The van der Waals surface area contributed by atoms with E-state index in [1.807, 2.05) is 27.6 Å². The van der Waals surface area contributed by atoms with Crippen LogP contribution in [0.2, 0.25) is 5.02 Å². The van der Waals surface area contributed by atoms with Crippen LogP contribution >= 0.6 is 22.9 Å². The molecule has 0 atom stereocenters. The summed E-state index contributed by atoms with van der Waals surface area (Å²) in [4.78, 5) is 19.6. The van der Waals surface area contributed by atoms with E-state index >= 15 is 0 Å². The lowest BCUT2D eigenvalue weighted by Crippen LogP contribution is -2.35. The highest BCUT2D eigenvalue weighted by molar-refractivity contribution is 7.14. The van der Waals surface area contributed by atoms with Crippen molar-refractivity contribution in [3.8, 4) is 0 Å². The molecule has 1 aliphatic carbocycles. The van der Waals surface area contributed by atoms with Crippen LogP contribution in [0.15, 0.2) is 24.4 Å². The van der Waals surface area contributed by atoms with E-state index in [2.05, 4.69) is 21.2 Å². The van der Waals surface area contributed by atoms with Gasteiger partial charge in [-0.1, -0.05) is 11.6 Å². The molecule has 0 aromatic carbocycles. The molecule has 8 heteroatoms. The van der Waals surface area contributed by atoms with Gasteiger partial charge < -0.3 is 9.80 Å². The molecule has 0 radical (unpaired) electrons. The Morgan fingerprint density at radius 1 is 1.04 bits per heavy atom. The highest BCUT2D eigenvalue weighted by Gasteiger charge is 2.25. The Morgan fingerprint density at radius 3 is 2.82 bits per heavy atom. The quantitative estimate of drug-likeness (QED) is 0.640. The van der Waals surface area contributed by atoms with Crippen LogP contribution in [-0.4, -0.2) is 51.6 Å². The van der Waals surface area contributed by atoms with Gasteiger partial charge in [-0.25, -0.2) is 0 Å². The van der Waals surface area contributed by atoms with Crippen molar-refractivity contribution in [3.05, 3.63) is 44.7 Å². The number of anilines is 1. The van der Waals surface area contributed by atoms with E-state index in [0.29, 0.717) is 11.6 Å². The summed E-state index contributed by atoms with van der Waals surface area (Å²) in [5, 5.41) is 9.25. The first-order valence-corrected chi connectivity index (χ1v) is 11.0. The van der Waals surface area contributed by atoms with E-state index in [0.717, 1.165) is 55.4 Å². The predicted molar refractivity (Wildman–Crippen MR) is 112 cm³/mol. The Kier molecular flexibility index (Phi) is 4.72. The second-order valence-corrected chi connectivity index (χ2v) is 9.05. The maximum atomic E-state index is 13.1. The molecule has 1 saturated heterocycles. The fourth-order valence-corrected chi connectivity index (χ4v) is 5.52. The van der Waals surface area contributed by atoms with Crippen molar-refractivity contribution < 1.29 is 4.79 Å². The summed E-state index contributed by atoms with van der Waals surface area (Å²) in [6.07, 6.45) is 7.49. The highest BCUT2D eigenvalue weighted by atomic mass is 35.5. The molecule has 5 rings (SSSR count). The maximum absolute atomic E-state index is 13.1. The summed E-state index contributed by atoms with van der Waals surface area (Å²) in [5.41, 5.74) is 2.17. The van der Waals surface area contributed by atoms with Gasteiger partial charge in [0.15, 0.2) is 5.65 Å². The Balaban J connectivity index is 1.33. The number of carbonyl (C=O) groups is 1. The Bertz CT molecular complexity index is 1010. The van der Waals surface area contributed by atoms with Crippen LogP contribution in [0, 0.1) is 0 Å². The van der Waals surface area contributed by atoms with Crippen molar-refractivity contribution in [2.45, 2.75) is 32.1 Å². The zero-order chi connectivity index (χ0) is 19.1. The van der Waals surface area contributed by atoms with Gasteiger partial charge in [-0.15, -0.1) is 21.5 Å². The standard InChI is InChI=1S/C20H22ClN5OS/c21-15-6-7-18-22-23-20(26(18)13-15)25-9-3-8-24(10-11-25)19(27)17-12-14-4-1-2-5-16(14)28-17/h6-7,12-13H,1-5,8-11H2. The molecular formula is C20H22ClN5OS. The Morgan fingerprint density at radius 2 is 1.93 bits per heavy atom. The van der Waals surface area contributed by atoms with E-state index in [-0.39, 0.29) is 5.91 Å². The fraction of sp³-hybridized carbons (Fsp3) is 0.450. The van der Waals surface area contributed by atoms with Gasteiger partial charge in [0.05, 0.1) is 9.90 Å². The van der Waals surface area contributed by atoms with Gasteiger partial charge in [0, 0.05) is 37.3 Å². The van der Waals surface area contributed by atoms with E-state index in [4.69, 9.17) is 11.6 Å². The van der Waals surface area contributed by atoms with Crippen molar-refractivity contribution in [2.24, 2.45) is 0 Å². The third-order valence-electron chi connectivity index (χ3n) is 5.62. The first-order valence-electron chi connectivity index (χ1n) is 9.85. The molecule has 28 heavy (non-hydrogen) atoms. The highest BCUT2D eigenvalue weighted by Crippen LogP contribution is 2.30. The molecule has 1 amide bonds. The van der Waals surface area contributed by atoms with Crippen LogP contribution in [0.25, 0.3) is 5.65 Å². The molecular weight excluding hydrogens is 394 g/mol. The van der Waals surface area contributed by atoms with Gasteiger partial charge in [-0.2, -0.15) is 0 Å². The third-order valence-corrected chi connectivity index (χ3v) is 7.07. The zero-order valence-electron chi connectivity index (χ0n) is 15.6. The average Bonchev–Trinajstić information content (AvgIpc) is 3.24. The molecule has 6 nitrogen and oxygen atoms in total. The SMILES string of the molecule is O=C(c1cc2c(s1)CCCC2)N1CCCN(c2nnc3ccc(Cl)cn23)CC1. The number of hydrogen-bond acceptors (Lipinski definition) is 5. The number of carbonyl (C=O) groups excluding carboxylic acids is 1. The number of aromatic nitrogens is 3. The van der Waals surface area contributed by atoms with E-state index < -0.39 is 0 Å². The van der Waals surface area contributed by atoms with E-state index in [9.17, 15) is 4.79 Å². The largest absolute Gasteiger partial charge is 0.339 e. The average molecular weight is 416 g/mol. The summed E-state index contributed by atoms with van der Waals surface area (Å²) in [6.45, 7) is 3.05. The number of nitrogens with zero attached hydrogens (tertiary/aromatic N) is 5. The van der Waals surface area contributed by atoms with Gasteiger partial charge in [0.2, 0.25) is 5.95 Å². The fourth-order valence-electron chi connectivity index (χ4n) is 4.14. The van der Waals surface area contributed by atoms with Gasteiger partial charge in [-0.05, 0) is 55.9 Å². The topological polar surface area (TPSA) is 53.7 Å². The van der Waals surface area contributed by atoms with Gasteiger partial charge in [-0.3, -0.25) is 9.20 Å². The van der Waals surface area contributed by atoms with Crippen LogP contribution in [0.1, 0.15) is 39.4 Å². The lowest BCUT2D eigenvalue weighted by molar-refractivity contribution is 0.0771. The number of thiophene rings is 1. The number of fused-ring (bicyclic) bond motifs is 2. The molecule has 1 fully saturated rings. The molecule has 4 heterocycles. The summed E-state index contributed by atoms with van der Waals surface area (Å²) < 4.78 is 1.92. The van der Waals surface area contributed by atoms with E-state index in [1.54, 1.807) is 11.3 Å². The Hall–Kier alpha value is -2.12. The number of aryl methyl sites for hydroxylation is 2. The molecule has 0 saturated carbocycles. The second-order valence-electron chi connectivity index (χ2n) is 7.47. The van der Waals surface area contributed by atoms with Crippen molar-refractivity contribution in [2.75, 3.05) is 31.1 Å². The minimum Gasteiger partial charge on any atom is -0.339 e. The van der Waals surface area contributed by atoms with Crippen LogP contribution in [0.3, 0.4) is 0 Å². The minimum atomic E-state index is 0.176. The number of rotatable bonds is 2. The molecule has 0 unspecified atom stereocenters. The summed E-state index contributed by atoms with van der Waals surface area (Å²) in [6, 6.07) is 5.82. The predicted octanol–water partition coefficient (Wildman–Crippen LogP) is 3.68. The molecule has 3 aromatic rings. The second kappa shape index (κ2) is 7.37. The van der Waals surface area contributed by atoms with Crippen molar-refractivity contribution in [1.82, 2.24) is 19.5 Å². The van der Waals surface area contributed by atoms with Gasteiger partial charge in [0.25, 0.3) is 5.91 Å². The number of halogens is 1. The maximum Gasteiger partial charge on any atom is 0.263 e.